The molecule has 11 heteroatoms. The van der Waals surface area contributed by atoms with Crippen LogP contribution in [0.4, 0.5) is 0 Å². The molecule has 0 bridgehead atoms. The normalized spacial score (nSPS) is 18.7. The van der Waals surface area contributed by atoms with Gasteiger partial charge in [-0.2, -0.15) is 0 Å². The van der Waals surface area contributed by atoms with Crippen LogP contribution in [0.2, 0.25) is 0 Å². The van der Waals surface area contributed by atoms with Gasteiger partial charge in [0.2, 0.25) is 17.7 Å². The highest BCUT2D eigenvalue weighted by Crippen LogP contribution is 2.30. The maximum atomic E-state index is 13.8. The van der Waals surface area contributed by atoms with Crippen molar-refractivity contribution in [2.24, 2.45) is 5.41 Å². The Bertz CT molecular complexity index is 1380. The van der Waals surface area contributed by atoms with E-state index in [1.165, 1.54) is 4.90 Å². The topological polar surface area (TPSA) is 112 Å². The van der Waals surface area contributed by atoms with Crippen molar-refractivity contribution in [2.45, 2.75) is 78.1 Å². The van der Waals surface area contributed by atoms with Gasteiger partial charge in [0.1, 0.15) is 12.1 Å². The lowest BCUT2D eigenvalue weighted by atomic mass is 9.85. The number of benzene rings is 1. The van der Waals surface area contributed by atoms with Gasteiger partial charge in [-0.05, 0) is 64.9 Å². The number of aliphatic hydroxyl groups is 1. The Kier molecular flexibility index (Phi) is 10.0. The van der Waals surface area contributed by atoms with Crippen LogP contribution >= 0.6 is 38.6 Å². The number of thiazole rings is 1. The van der Waals surface area contributed by atoms with Gasteiger partial charge in [-0.3, -0.25) is 14.4 Å². The van der Waals surface area contributed by atoms with Crippen LogP contribution in [0, 0.1) is 12.3 Å². The van der Waals surface area contributed by atoms with Crippen molar-refractivity contribution in [3.05, 3.63) is 61.8 Å². The average molecular weight is 662 g/mol. The summed E-state index contributed by atoms with van der Waals surface area (Å²) in [4.78, 5) is 48.0. The molecule has 0 spiro atoms. The maximum absolute atomic E-state index is 13.8. The average Bonchev–Trinajstić information content (AvgIpc) is 3.64. The predicted octanol–water partition coefficient (Wildman–Crippen LogP) is 5.25. The van der Waals surface area contributed by atoms with Crippen LogP contribution in [0.25, 0.3) is 10.4 Å². The van der Waals surface area contributed by atoms with Gasteiger partial charge in [0.15, 0.2) is 0 Å². The van der Waals surface area contributed by atoms with Crippen LogP contribution in [-0.2, 0) is 20.8 Å². The Hall–Kier alpha value is -2.60. The largest absolute Gasteiger partial charge is 0.391 e. The van der Waals surface area contributed by atoms with Crippen LogP contribution in [0.3, 0.4) is 0 Å². The molecule has 3 N–H and O–H groups in total. The Morgan fingerprint density at radius 1 is 1.15 bits per heavy atom. The Morgan fingerprint density at radius 2 is 1.85 bits per heavy atom. The zero-order valence-corrected chi connectivity index (χ0v) is 27.2. The summed E-state index contributed by atoms with van der Waals surface area (Å²) in [6.07, 6.45) is 0.147. The zero-order valence-electron chi connectivity index (χ0n) is 23.9. The maximum Gasteiger partial charge on any atom is 0.246 e. The Morgan fingerprint density at radius 3 is 2.44 bits per heavy atom. The number of nitrogens with one attached hydrogen (secondary N) is 2. The molecule has 0 unspecified atom stereocenters. The molecule has 1 saturated heterocycles. The first-order valence-corrected chi connectivity index (χ1v) is 16.1. The zero-order chi connectivity index (χ0) is 29.9. The molecular weight excluding hydrogens is 624 g/mol. The number of nitrogens with zero attached hydrogens (tertiary/aromatic N) is 2. The molecule has 1 aliphatic heterocycles. The number of thiophene rings is 1. The molecule has 8 nitrogen and oxygen atoms in total. The van der Waals surface area contributed by atoms with Crippen molar-refractivity contribution in [1.82, 2.24) is 20.5 Å². The number of rotatable bonds is 9. The number of aliphatic hydroxyl groups excluding tert-OH is 1. The molecule has 220 valence electrons. The van der Waals surface area contributed by atoms with Gasteiger partial charge in [-0.15, -0.1) is 22.7 Å². The van der Waals surface area contributed by atoms with E-state index in [4.69, 9.17) is 0 Å². The fourth-order valence-electron chi connectivity index (χ4n) is 4.97. The van der Waals surface area contributed by atoms with Crippen molar-refractivity contribution in [3.63, 3.8) is 0 Å². The van der Waals surface area contributed by atoms with E-state index in [-0.39, 0.29) is 43.1 Å². The molecule has 0 radical (unpaired) electrons. The van der Waals surface area contributed by atoms with Crippen LogP contribution in [0.15, 0.2) is 45.7 Å². The Balaban J connectivity index is 1.42. The quantitative estimate of drug-likeness (QED) is 0.291. The molecular formula is C30H37BrN4O4S2. The summed E-state index contributed by atoms with van der Waals surface area (Å²) in [6, 6.07) is 9.93. The van der Waals surface area contributed by atoms with E-state index in [9.17, 15) is 19.5 Å². The van der Waals surface area contributed by atoms with Gasteiger partial charge in [0.25, 0.3) is 0 Å². The summed E-state index contributed by atoms with van der Waals surface area (Å²) >= 11 is 6.60. The van der Waals surface area contributed by atoms with Crippen LogP contribution in [0.1, 0.15) is 62.7 Å². The van der Waals surface area contributed by atoms with Crippen molar-refractivity contribution >= 4 is 56.3 Å². The summed E-state index contributed by atoms with van der Waals surface area (Å²) in [7, 11) is 0. The third-order valence-corrected chi connectivity index (χ3v) is 9.95. The first kappa shape index (κ1) is 31.3. The number of carbonyl (C=O) groups is 3. The number of aromatic nitrogens is 1. The van der Waals surface area contributed by atoms with Gasteiger partial charge < -0.3 is 20.6 Å². The number of likely N-dealkylation sites (tertiary alicyclic amines) is 1. The summed E-state index contributed by atoms with van der Waals surface area (Å²) in [6.45, 7) is 9.56. The number of carbonyl (C=O) groups excluding carboxylic acids is 3. The number of hydrogen-bond donors (Lipinski definition) is 3. The molecule has 0 saturated carbocycles. The van der Waals surface area contributed by atoms with Crippen molar-refractivity contribution in [2.75, 3.05) is 6.54 Å². The molecule has 41 heavy (non-hydrogen) atoms. The second-order valence-electron chi connectivity index (χ2n) is 11.6. The van der Waals surface area contributed by atoms with E-state index in [1.54, 1.807) is 22.7 Å². The highest BCUT2D eigenvalue weighted by atomic mass is 79.9. The van der Waals surface area contributed by atoms with Crippen molar-refractivity contribution in [3.8, 4) is 10.4 Å². The molecule has 4 atom stereocenters. The molecule has 2 aromatic heterocycles. The van der Waals surface area contributed by atoms with Crippen molar-refractivity contribution < 1.29 is 19.5 Å². The summed E-state index contributed by atoms with van der Waals surface area (Å²) in [5.74, 6) is -0.917. The van der Waals surface area contributed by atoms with Crippen molar-refractivity contribution in [1.29, 1.82) is 0 Å². The summed E-state index contributed by atoms with van der Waals surface area (Å²) in [5, 5.41) is 16.4. The van der Waals surface area contributed by atoms with E-state index in [0.717, 1.165) is 30.4 Å². The Labute approximate surface area is 257 Å². The first-order valence-electron chi connectivity index (χ1n) is 13.7. The number of hydrogen-bond acceptors (Lipinski definition) is 7. The molecule has 1 fully saturated rings. The standard InChI is InChI=1S/C30H37BrN4O4S2/c1-17(19-6-8-20(9-7-19)26-18(2)32-16-40-26)33-28(38)23-14-21(36)15-35(23)29(39)27(30(3,4)5)34-25(37)13-11-22-10-12-24(31)41-22/h6-10,12,16-17,21,23,27,36H,11,13-15H2,1-5H3,(H,33,38)(H,34,37)/t17-,21+,23-,27+/m0/s1. The molecule has 1 aromatic carbocycles. The van der Waals surface area contributed by atoms with Gasteiger partial charge in [0, 0.05) is 24.3 Å². The van der Waals surface area contributed by atoms with Gasteiger partial charge in [-0.25, -0.2) is 4.98 Å². The lowest BCUT2D eigenvalue weighted by Crippen LogP contribution is -2.57. The highest BCUT2D eigenvalue weighted by Gasteiger charge is 2.44. The summed E-state index contributed by atoms with van der Waals surface area (Å²) in [5.41, 5.74) is 4.21. The lowest BCUT2D eigenvalue weighted by Gasteiger charge is -2.35. The van der Waals surface area contributed by atoms with Gasteiger partial charge in [-0.1, -0.05) is 45.0 Å². The van der Waals surface area contributed by atoms with Gasteiger partial charge in [0.05, 0.1) is 32.0 Å². The highest BCUT2D eigenvalue weighted by molar-refractivity contribution is 9.11. The van der Waals surface area contributed by atoms with Crippen LogP contribution in [-0.4, -0.2) is 57.4 Å². The van der Waals surface area contributed by atoms with E-state index in [0.29, 0.717) is 6.42 Å². The third-order valence-electron chi connectivity index (χ3n) is 7.29. The fraction of sp³-hybridized carbons (Fsp3) is 0.467. The fourth-order valence-corrected chi connectivity index (χ4v) is 7.27. The van der Waals surface area contributed by atoms with E-state index >= 15 is 0 Å². The smallest absolute Gasteiger partial charge is 0.246 e. The van der Waals surface area contributed by atoms with Crippen LogP contribution < -0.4 is 10.6 Å². The number of β-amino-alcohol motifs (C(OH)–C–C–N with tert-alkyl or cyclic N) is 1. The number of amides is 3. The van der Waals surface area contributed by atoms with E-state index in [2.05, 4.69) is 31.5 Å². The lowest BCUT2D eigenvalue weighted by molar-refractivity contribution is -0.144. The SMILES string of the molecule is Cc1ncsc1-c1ccc([C@H](C)NC(=O)[C@@H]2C[C@@H](O)CN2C(=O)[C@@H](NC(=O)CCc2ccc(Br)s2)C(C)(C)C)cc1. The number of halogens is 1. The third kappa shape index (κ3) is 7.82. The molecule has 1 aliphatic rings. The van der Waals surface area contributed by atoms with Gasteiger partial charge >= 0.3 is 0 Å². The predicted molar refractivity (Wildman–Crippen MR) is 167 cm³/mol. The number of aryl methyl sites for hydroxylation is 2. The minimum Gasteiger partial charge on any atom is -0.391 e. The first-order chi connectivity index (χ1) is 19.3. The molecule has 0 aliphatic carbocycles. The molecule has 3 heterocycles. The van der Waals surface area contributed by atoms with E-state index < -0.39 is 23.6 Å². The molecule has 3 aromatic rings. The summed E-state index contributed by atoms with van der Waals surface area (Å²) < 4.78 is 1.00. The van der Waals surface area contributed by atoms with Crippen LogP contribution in [0.5, 0.6) is 0 Å². The minimum absolute atomic E-state index is 0.0415. The second-order valence-corrected chi connectivity index (χ2v) is 15.0. The minimum atomic E-state index is -0.842. The second kappa shape index (κ2) is 13.1. The monoisotopic (exact) mass is 660 g/mol. The molecule has 3 amide bonds. The van der Waals surface area contributed by atoms with E-state index in [1.807, 2.05) is 76.5 Å². The molecule has 4 rings (SSSR count).